The molecule has 1 saturated heterocycles. The van der Waals surface area contributed by atoms with Crippen LogP contribution >= 0.6 is 0 Å². The number of carbonyl (C=O) groups is 1. The molecule has 2 aromatic carbocycles. The van der Waals surface area contributed by atoms with Crippen molar-refractivity contribution < 1.29 is 19.0 Å². The van der Waals surface area contributed by atoms with Crippen LogP contribution in [0, 0.1) is 0 Å². The third kappa shape index (κ3) is 4.42. The predicted molar refractivity (Wildman–Crippen MR) is 118 cm³/mol. The fourth-order valence-electron chi connectivity index (χ4n) is 4.08. The third-order valence-corrected chi connectivity index (χ3v) is 5.85. The van der Waals surface area contributed by atoms with Gasteiger partial charge in [-0.3, -0.25) is 14.6 Å². The number of morpholine rings is 1. The standard InChI is InChI=1S/C25H26N2O4/c28-24-20-9-10-22-21(17-27(18-30-22)12-11-26-13-15-29-16-14-26)25(20)31-23(24)8-4-7-19-5-2-1-3-6-19/h1-10H,11-18H2/b7-4+,23-8-. The highest BCUT2D eigenvalue weighted by Crippen LogP contribution is 2.41. The Morgan fingerprint density at radius 1 is 0.968 bits per heavy atom. The second kappa shape index (κ2) is 9.06. The molecule has 0 N–H and O–H groups in total. The minimum atomic E-state index is -0.0825. The second-order valence-electron chi connectivity index (χ2n) is 7.93. The van der Waals surface area contributed by atoms with Gasteiger partial charge in [0.25, 0.3) is 0 Å². The summed E-state index contributed by atoms with van der Waals surface area (Å²) in [6.07, 6.45) is 5.55. The van der Waals surface area contributed by atoms with Crippen LogP contribution < -0.4 is 9.47 Å². The maximum absolute atomic E-state index is 12.8. The van der Waals surface area contributed by atoms with Crippen LogP contribution in [-0.4, -0.2) is 61.7 Å². The van der Waals surface area contributed by atoms with E-state index in [4.69, 9.17) is 14.2 Å². The summed E-state index contributed by atoms with van der Waals surface area (Å²) in [6.45, 7) is 6.70. The van der Waals surface area contributed by atoms with E-state index in [0.29, 0.717) is 30.3 Å². The van der Waals surface area contributed by atoms with Crippen LogP contribution in [0.2, 0.25) is 0 Å². The normalized spacial score (nSPS) is 20.5. The zero-order valence-corrected chi connectivity index (χ0v) is 17.5. The maximum Gasteiger partial charge on any atom is 0.231 e. The Labute approximate surface area is 182 Å². The Morgan fingerprint density at radius 2 is 1.77 bits per heavy atom. The molecular weight excluding hydrogens is 392 g/mol. The average molecular weight is 418 g/mol. The smallest absolute Gasteiger partial charge is 0.231 e. The van der Waals surface area contributed by atoms with E-state index >= 15 is 0 Å². The highest BCUT2D eigenvalue weighted by atomic mass is 16.5. The van der Waals surface area contributed by atoms with Crippen LogP contribution in [0.5, 0.6) is 11.5 Å². The van der Waals surface area contributed by atoms with E-state index in [-0.39, 0.29) is 5.78 Å². The SMILES string of the molecule is O=C1/C(=C/C=C/c2ccccc2)Oc2c1ccc1c2CN(CCN2CCOCC2)CO1. The summed E-state index contributed by atoms with van der Waals surface area (Å²) >= 11 is 0. The Kier molecular flexibility index (Phi) is 5.84. The Hall–Kier alpha value is -2.93. The van der Waals surface area contributed by atoms with Crippen LogP contribution in [0.1, 0.15) is 21.5 Å². The van der Waals surface area contributed by atoms with E-state index < -0.39 is 0 Å². The quantitative estimate of drug-likeness (QED) is 0.695. The average Bonchev–Trinajstić information content (AvgIpc) is 3.15. The summed E-state index contributed by atoms with van der Waals surface area (Å²) < 4.78 is 17.4. The molecule has 0 unspecified atom stereocenters. The minimum Gasteiger partial charge on any atom is -0.478 e. The molecule has 0 bridgehead atoms. The molecule has 5 rings (SSSR count). The van der Waals surface area contributed by atoms with Crippen molar-refractivity contribution in [3.8, 4) is 11.5 Å². The summed E-state index contributed by atoms with van der Waals surface area (Å²) in [5, 5.41) is 0. The van der Waals surface area contributed by atoms with Gasteiger partial charge in [0.05, 0.1) is 24.3 Å². The molecular formula is C25H26N2O4. The lowest BCUT2D eigenvalue weighted by Gasteiger charge is -2.33. The van der Waals surface area contributed by atoms with Crippen molar-refractivity contribution in [2.75, 3.05) is 46.1 Å². The van der Waals surface area contributed by atoms with E-state index in [0.717, 1.165) is 56.3 Å². The van der Waals surface area contributed by atoms with Gasteiger partial charge in [0, 0.05) is 32.7 Å². The monoisotopic (exact) mass is 418 g/mol. The van der Waals surface area contributed by atoms with Crippen LogP contribution in [0.4, 0.5) is 0 Å². The molecule has 0 atom stereocenters. The van der Waals surface area contributed by atoms with Crippen molar-refractivity contribution in [3.05, 3.63) is 77.1 Å². The predicted octanol–water partition coefficient (Wildman–Crippen LogP) is 3.34. The van der Waals surface area contributed by atoms with Gasteiger partial charge in [0.1, 0.15) is 18.2 Å². The van der Waals surface area contributed by atoms with E-state index in [1.165, 1.54) is 0 Å². The number of ketones is 1. The number of allylic oxidation sites excluding steroid dienone is 3. The van der Waals surface area contributed by atoms with Crippen molar-refractivity contribution in [1.29, 1.82) is 0 Å². The topological polar surface area (TPSA) is 51.2 Å². The first kappa shape index (κ1) is 20.0. The number of hydrogen-bond donors (Lipinski definition) is 0. The van der Waals surface area contributed by atoms with Gasteiger partial charge in [-0.15, -0.1) is 0 Å². The van der Waals surface area contributed by atoms with Gasteiger partial charge in [-0.25, -0.2) is 0 Å². The Morgan fingerprint density at radius 3 is 2.61 bits per heavy atom. The molecule has 6 nitrogen and oxygen atoms in total. The van der Waals surface area contributed by atoms with Gasteiger partial charge < -0.3 is 14.2 Å². The van der Waals surface area contributed by atoms with Crippen molar-refractivity contribution in [1.82, 2.24) is 9.80 Å². The van der Waals surface area contributed by atoms with Gasteiger partial charge >= 0.3 is 0 Å². The molecule has 3 aliphatic rings. The first-order valence-electron chi connectivity index (χ1n) is 10.7. The van der Waals surface area contributed by atoms with Crippen molar-refractivity contribution in [2.24, 2.45) is 0 Å². The molecule has 0 saturated carbocycles. The zero-order chi connectivity index (χ0) is 21.0. The molecule has 0 amide bonds. The zero-order valence-electron chi connectivity index (χ0n) is 17.5. The minimum absolute atomic E-state index is 0.0825. The highest BCUT2D eigenvalue weighted by molar-refractivity contribution is 6.13. The Balaban J connectivity index is 1.29. The van der Waals surface area contributed by atoms with E-state index in [2.05, 4.69) is 9.80 Å². The summed E-state index contributed by atoms with van der Waals surface area (Å²) in [7, 11) is 0. The summed E-state index contributed by atoms with van der Waals surface area (Å²) in [5.74, 6) is 1.70. The molecule has 160 valence electrons. The molecule has 31 heavy (non-hydrogen) atoms. The van der Waals surface area contributed by atoms with Crippen LogP contribution in [0.3, 0.4) is 0 Å². The van der Waals surface area contributed by atoms with Crippen LogP contribution in [0.15, 0.2) is 60.4 Å². The number of carbonyl (C=O) groups excluding carboxylic acids is 1. The summed E-state index contributed by atoms with van der Waals surface area (Å²) in [4.78, 5) is 17.5. The lowest BCUT2D eigenvalue weighted by Crippen LogP contribution is -2.43. The molecule has 6 heteroatoms. The Bertz CT molecular complexity index is 1010. The van der Waals surface area contributed by atoms with Gasteiger partial charge in [-0.05, 0) is 23.8 Å². The lowest BCUT2D eigenvalue weighted by molar-refractivity contribution is 0.0239. The lowest BCUT2D eigenvalue weighted by atomic mass is 10.0. The van der Waals surface area contributed by atoms with Crippen molar-refractivity contribution in [3.63, 3.8) is 0 Å². The number of nitrogens with zero attached hydrogens (tertiary/aromatic N) is 2. The number of Topliss-reactive ketones (excluding diaryl/α,β-unsaturated/α-hetero) is 1. The number of hydrogen-bond acceptors (Lipinski definition) is 6. The molecule has 0 radical (unpaired) electrons. The van der Waals surface area contributed by atoms with E-state index in [1.54, 1.807) is 6.08 Å². The highest BCUT2D eigenvalue weighted by Gasteiger charge is 2.33. The number of ether oxygens (including phenoxy) is 3. The molecule has 0 aliphatic carbocycles. The fourth-order valence-corrected chi connectivity index (χ4v) is 4.08. The van der Waals surface area contributed by atoms with Crippen molar-refractivity contribution >= 4 is 11.9 Å². The fraction of sp³-hybridized carbons (Fsp3) is 0.320. The van der Waals surface area contributed by atoms with Crippen LogP contribution in [-0.2, 0) is 11.3 Å². The number of rotatable bonds is 5. The molecule has 1 fully saturated rings. The molecule has 3 heterocycles. The second-order valence-corrected chi connectivity index (χ2v) is 7.93. The maximum atomic E-state index is 12.8. The first-order chi connectivity index (χ1) is 15.3. The van der Waals surface area contributed by atoms with E-state index in [9.17, 15) is 4.79 Å². The first-order valence-corrected chi connectivity index (χ1v) is 10.7. The molecule has 3 aliphatic heterocycles. The van der Waals surface area contributed by atoms with E-state index in [1.807, 2.05) is 54.6 Å². The summed E-state index contributed by atoms with van der Waals surface area (Å²) in [5.41, 5.74) is 2.63. The van der Waals surface area contributed by atoms with Gasteiger partial charge in [-0.2, -0.15) is 0 Å². The number of fused-ring (bicyclic) bond motifs is 3. The summed E-state index contributed by atoms with van der Waals surface area (Å²) in [6, 6.07) is 13.7. The van der Waals surface area contributed by atoms with Gasteiger partial charge in [0.2, 0.25) is 5.78 Å². The van der Waals surface area contributed by atoms with Gasteiger partial charge in [0.15, 0.2) is 5.76 Å². The van der Waals surface area contributed by atoms with Gasteiger partial charge in [-0.1, -0.05) is 42.5 Å². The third-order valence-electron chi connectivity index (χ3n) is 5.85. The van der Waals surface area contributed by atoms with Crippen LogP contribution in [0.25, 0.3) is 6.08 Å². The largest absolute Gasteiger partial charge is 0.478 e. The molecule has 2 aromatic rings. The van der Waals surface area contributed by atoms with Crippen molar-refractivity contribution in [2.45, 2.75) is 6.54 Å². The molecule has 0 aromatic heterocycles. The molecule has 0 spiro atoms. The number of benzene rings is 2.